The zero-order chi connectivity index (χ0) is 12.1. The molecule has 0 bridgehead atoms. The Morgan fingerprint density at radius 1 is 1.24 bits per heavy atom. The fourth-order valence-corrected chi connectivity index (χ4v) is 3.94. The Kier molecular flexibility index (Phi) is 5.16. The average Bonchev–Trinajstić information content (AvgIpc) is 2.80. The zero-order valence-corrected chi connectivity index (χ0v) is 11.6. The number of hydrogen-bond acceptors (Lipinski definition) is 3. The van der Waals surface area contributed by atoms with E-state index in [4.69, 9.17) is 0 Å². The first-order valence-corrected chi connectivity index (χ1v) is 8.02. The monoisotopic (exact) mass is 256 g/mol. The van der Waals surface area contributed by atoms with Gasteiger partial charge in [0.25, 0.3) is 0 Å². The minimum atomic E-state index is 0.0749. The molecule has 17 heavy (non-hydrogen) atoms. The van der Waals surface area contributed by atoms with Crippen molar-refractivity contribution in [2.75, 3.05) is 25.1 Å². The van der Waals surface area contributed by atoms with Crippen LogP contribution in [0.2, 0.25) is 0 Å². The third kappa shape index (κ3) is 3.62. The highest BCUT2D eigenvalue weighted by atomic mass is 32.2. The van der Waals surface area contributed by atoms with Crippen molar-refractivity contribution < 1.29 is 4.79 Å². The van der Waals surface area contributed by atoms with E-state index in [0.29, 0.717) is 11.9 Å². The summed E-state index contributed by atoms with van der Waals surface area (Å²) in [6.45, 7) is 1.00. The van der Waals surface area contributed by atoms with Crippen LogP contribution in [-0.4, -0.2) is 48.0 Å². The van der Waals surface area contributed by atoms with Gasteiger partial charge in [0.15, 0.2) is 0 Å². The Labute approximate surface area is 109 Å². The van der Waals surface area contributed by atoms with Crippen molar-refractivity contribution in [2.24, 2.45) is 0 Å². The molecule has 0 saturated carbocycles. The number of nitrogens with zero attached hydrogens (tertiary/aromatic N) is 1. The molecule has 0 aromatic heterocycles. The van der Waals surface area contributed by atoms with Crippen LogP contribution < -0.4 is 5.32 Å². The van der Waals surface area contributed by atoms with Gasteiger partial charge in [0.1, 0.15) is 0 Å². The summed E-state index contributed by atoms with van der Waals surface area (Å²) in [4.78, 5) is 14.4. The molecule has 3 nitrogen and oxygen atoms in total. The summed E-state index contributed by atoms with van der Waals surface area (Å²) >= 11 is 1.97. The molecule has 2 atom stereocenters. The summed E-state index contributed by atoms with van der Waals surface area (Å²) in [6, 6.07) is 0.547. The van der Waals surface area contributed by atoms with Gasteiger partial charge in [0, 0.05) is 18.8 Å². The normalized spacial score (nSPS) is 30.6. The lowest BCUT2D eigenvalue weighted by Crippen LogP contribution is -2.49. The van der Waals surface area contributed by atoms with Gasteiger partial charge < -0.3 is 10.2 Å². The van der Waals surface area contributed by atoms with E-state index in [2.05, 4.69) is 5.32 Å². The minimum absolute atomic E-state index is 0.0749. The number of amides is 1. The summed E-state index contributed by atoms with van der Waals surface area (Å²) < 4.78 is 0. The highest BCUT2D eigenvalue weighted by molar-refractivity contribution is 7.99. The second-order valence-corrected chi connectivity index (χ2v) is 6.33. The van der Waals surface area contributed by atoms with Gasteiger partial charge in [-0.3, -0.25) is 4.79 Å². The Hall–Kier alpha value is -0.220. The number of likely N-dealkylation sites (N-methyl/N-ethyl adjacent to an activating group) is 1. The Morgan fingerprint density at radius 3 is 2.82 bits per heavy atom. The maximum atomic E-state index is 12.4. The van der Waals surface area contributed by atoms with Gasteiger partial charge in [-0.15, -0.1) is 0 Å². The molecule has 98 valence electrons. The van der Waals surface area contributed by atoms with Crippen molar-refractivity contribution in [3.8, 4) is 0 Å². The fraction of sp³-hybridized carbons (Fsp3) is 0.923. The summed E-state index contributed by atoms with van der Waals surface area (Å²) in [5, 5.41) is 3.43. The lowest BCUT2D eigenvalue weighted by atomic mass is 10.0. The molecule has 0 aromatic carbocycles. The summed E-state index contributed by atoms with van der Waals surface area (Å²) in [5.74, 6) is 2.65. The summed E-state index contributed by atoms with van der Waals surface area (Å²) in [7, 11) is 1.99. The molecule has 2 fully saturated rings. The molecule has 0 radical (unpaired) electrons. The van der Waals surface area contributed by atoms with Gasteiger partial charge in [-0.2, -0.15) is 11.8 Å². The lowest BCUT2D eigenvalue weighted by molar-refractivity contribution is -0.134. The highest BCUT2D eigenvalue weighted by Crippen LogP contribution is 2.22. The molecule has 2 unspecified atom stereocenters. The van der Waals surface area contributed by atoms with Crippen LogP contribution in [0, 0.1) is 0 Å². The molecule has 2 aliphatic heterocycles. The van der Waals surface area contributed by atoms with Gasteiger partial charge in [0.05, 0.1) is 6.04 Å². The second kappa shape index (κ2) is 6.64. The SMILES string of the molecule is CN(C(=O)C1CCCCCCN1)C1CCSC1. The molecule has 1 amide bonds. The first-order valence-electron chi connectivity index (χ1n) is 6.87. The zero-order valence-electron chi connectivity index (χ0n) is 10.8. The Balaban J connectivity index is 1.87. The third-order valence-corrected chi connectivity index (χ3v) is 5.05. The molecule has 2 rings (SSSR count). The van der Waals surface area contributed by atoms with Crippen molar-refractivity contribution >= 4 is 17.7 Å². The van der Waals surface area contributed by atoms with Gasteiger partial charge in [0.2, 0.25) is 5.91 Å². The van der Waals surface area contributed by atoms with Gasteiger partial charge in [-0.25, -0.2) is 0 Å². The minimum Gasteiger partial charge on any atom is -0.341 e. The molecule has 0 spiro atoms. The van der Waals surface area contributed by atoms with E-state index in [-0.39, 0.29) is 6.04 Å². The van der Waals surface area contributed by atoms with Crippen LogP contribution in [0.15, 0.2) is 0 Å². The van der Waals surface area contributed by atoms with E-state index in [0.717, 1.165) is 18.7 Å². The number of thioether (sulfide) groups is 1. The van der Waals surface area contributed by atoms with Crippen molar-refractivity contribution in [2.45, 2.75) is 50.6 Å². The third-order valence-electron chi connectivity index (χ3n) is 3.91. The van der Waals surface area contributed by atoms with E-state index in [1.807, 2.05) is 23.7 Å². The van der Waals surface area contributed by atoms with E-state index in [1.54, 1.807) is 0 Å². The van der Waals surface area contributed by atoms with Crippen molar-refractivity contribution in [1.29, 1.82) is 0 Å². The smallest absolute Gasteiger partial charge is 0.239 e. The molecule has 0 aliphatic carbocycles. The Bertz CT molecular complexity index is 246. The molecule has 4 heteroatoms. The number of carbonyl (C=O) groups excluding carboxylic acids is 1. The lowest BCUT2D eigenvalue weighted by Gasteiger charge is -2.29. The first kappa shape index (κ1) is 13.2. The molecule has 2 aliphatic rings. The predicted molar refractivity (Wildman–Crippen MR) is 73.4 cm³/mol. The van der Waals surface area contributed by atoms with Crippen molar-refractivity contribution in [3.05, 3.63) is 0 Å². The number of carbonyl (C=O) groups is 1. The van der Waals surface area contributed by atoms with E-state index < -0.39 is 0 Å². The fourth-order valence-electron chi connectivity index (χ4n) is 2.67. The van der Waals surface area contributed by atoms with Crippen LogP contribution in [-0.2, 0) is 4.79 Å². The van der Waals surface area contributed by atoms with Crippen LogP contribution in [0.25, 0.3) is 0 Å². The quantitative estimate of drug-likeness (QED) is 0.818. The average molecular weight is 256 g/mol. The molecular weight excluding hydrogens is 232 g/mol. The van der Waals surface area contributed by atoms with Gasteiger partial charge in [-0.05, 0) is 31.6 Å². The second-order valence-electron chi connectivity index (χ2n) is 5.18. The van der Waals surface area contributed by atoms with E-state index in [1.165, 1.54) is 37.9 Å². The Morgan fingerprint density at radius 2 is 2.06 bits per heavy atom. The molecule has 1 N–H and O–H groups in total. The van der Waals surface area contributed by atoms with Crippen LogP contribution in [0.1, 0.15) is 38.5 Å². The molecule has 2 saturated heterocycles. The standard InChI is InChI=1S/C13H24N2OS/c1-15(11-7-9-17-10-11)13(16)12-6-4-2-3-5-8-14-12/h11-12,14H,2-10H2,1H3. The van der Waals surface area contributed by atoms with Gasteiger partial charge >= 0.3 is 0 Å². The van der Waals surface area contributed by atoms with Gasteiger partial charge in [-0.1, -0.05) is 19.3 Å². The highest BCUT2D eigenvalue weighted by Gasteiger charge is 2.28. The number of nitrogens with one attached hydrogen (secondary N) is 1. The largest absolute Gasteiger partial charge is 0.341 e. The van der Waals surface area contributed by atoms with E-state index >= 15 is 0 Å². The maximum absolute atomic E-state index is 12.4. The van der Waals surface area contributed by atoms with E-state index in [9.17, 15) is 4.79 Å². The molecular formula is C13H24N2OS. The first-order chi connectivity index (χ1) is 8.29. The van der Waals surface area contributed by atoms with Crippen LogP contribution in [0.5, 0.6) is 0 Å². The van der Waals surface area contributed by atoms with Crippen LogP contribution in [0.3, 0.4) is 0 Å². The summed E-state index contributed by atoms with van der Waals surface area (Å²) in [5.41, 5.74) is 0. The number of hydrogen-bond donors (Lipinski definition) is 1. The van der Waals surface area contributed by atoms with Crippen LogP contribution in [0.4, 0.5) is 0 Å². The van der Waals surface area contributed by atoms with Crippen molar-refractivity contribution in [1.82, 2.24) is 10.2 Å². The maximum Gasteiger partial charge on any atom is 0.239 e. The predicted octanol–water partition coefficient (Wildman–Crippen LogP) is 1.87. The number of rotatable bonds is 2. The van der Waals surface area contributed by atoms with Crippen molar-refractivity contribution in [3.63, 3.8) is 0 Å². The summed E-state index contributed by atoms with van der Waals surface area (Å²) in [6.07, 6.45) is 7.18. The topological polar surface area (TPSA) is 32.3 Å². The van der Waals surface area contributed by atoms with Crippen LogP contribution >= 0.6 is 11.8 Å². The molecule has 0 aromatic rings. The molecule has 2 heterocycles.